The highest BCUT2D eigenvalue weighted by molar-refractivity contribution is 6.00. The number of rotatable bonds is 2. The fourth-order valence-corrected chi connectivity index (χ4v) is 4.64. The molecule has 2 aromatic carbocycles. The first-order chi connectivity index (χ1) is 13.9. The lowest BCUT2D eigenvalue weighted by Gasteiger charge is -2.49. The molecule has 0 saturated carbocycles. The Bertz CT molecular complexity index is 1150. The first kappa shape index (κ1) is 17.8. The van der Waals surface area contributed by atoms with Crippen LogP contribution in [0.4, 0.5) is 8.78 Å². The van der Waals surface area contributed by atoms with Crippen molar-refractivity contribution in [3.63, 3.8) is 0 Å². The van der Waals surface area contributed by atoms with Crippen molar-refractivity contribution in [2.45, 2.75) is 25.4 Å². The van der Waals surface area contributed by atoms with Gasteiger partial charge in [-0.05, 0) is 54.8 Å². The number of fused-ring (bicyclic) bond motifs is 5. The standard InChI is InChI=1S/C22H19F2N3O2/c1-22-20-16(17-10-15(24)6-7-18(17)25-20)8-9-27(22)19(28)12-26(21(22)29)11-13-2-4-14(23)5-3-13/h2-7,10,25H,8-9,11-12H2,1H3/t22-/m1/s1. The Morgan fingerprint density at radius 1 is 1.07 bits per heavy atom. The maximum Gasteiger partial charge on any atom is 0.255 e. The number of piperazine rings is 1. The second kappa shape index (κ2) is 6.14. The Labute approximate surface area is 165 Å². The van der Waals surface area contributed by atoms with Crippen LogP contribution in [0.2, 0.25) is 0 Å². The molecule has 1 fully saturated rings. The van der Waals surface area contributed by atoms with Crippen molar-refractivity contribution >= 4 is 22.7 Å². The van der Waals surface area contributed by atoms with E-state index in [0.29, 0.717) is 18.7 Å². The van der Waals surface area contributed by atoms with Crippen molar-refractivity contribution in [3.05, 3.63) is 70.9 Å². The maximum atomic E-state index is 13.8. The van der Waals surface area contributed by atoms with E-state index in [1.165, 1.54) is 29.2 Å². The van der Waals surface area contributed by atoms with Gasteiger partial charge in [-0.25, -0.2) is 8.78 Å². The number of nitrogens with one attached hydrogen (secondary N) is 1. The molecule has 0 unspecified atom stereocenters. The second-order valence-corrected chi connectivity index (χ2v) is 7.82. The van der Waals surface area contributed by atoms with Gasteiger partial charge in [-0.1, -0.05) is 12.1 Å². The monoisotopic (exact) mass is 395 g/mol. The maximum absolute atomic E-state index is 13.8. The van der Waals surface area contributed by atoms with Crippen molar-refractivity contribution in [2.24, 2.45) is 0 Å². The molecule has 29 heavy (non-hydrogen) atoms. The van der Waals surface area contributed by atoms with Gasteiger partial charge in [-0.3, -0.25) is 9.59 Å². The van der Waals surface area contributed by atoms with Crippen LogP contribution in [0.25, 0.3) is 10.9 Å². The number of hydrogen-bond donors (Lipinski definition) is 1. The van der Waals surface area contributed by atoms with Gasteiger partial charge in [-0.15, -0.1) is 0 Å². The van der Waals surface area contributed by atoms with Crippen LogP contribution in [0.15, 0.2) is 42.5 Å². The molecule has 7 heteroatoms. The largest absolute Gasteiger partial charge is 0.356 e. The topological polar surface area (TPSA) is 56.4 Å². The molecule has 2 amide bonds. The molecule has 1 saturated heterocycles. The Hall–Kier alpha value is -3.22. The van der Waals surface area contributed by atoms with Crippen molar-refractivity contribution in [1.29, 1.82) is 0 Å². The summed E-state index contributed by atoms with van der Waals surface area (Å²) in [5.74, 6) is -1.02. The molecule has 5 nitrogen and oxygen atoms in total. The predicted molar refractivity (Wildman–Crippen MR) is 103 cm³/mol. The summed E-state index contributed by atoms with van der Waals surface area (Å²) < 4.78 is 27.0. The van der Waals surface area contributed by atoms with Gasteiger partial charge in [0.15, 0.2) is 5.54 Å². The second-order valence-electron chi connectivity index (χ2n) is 7.82. The van der Waals surface area contributed by atoms with E-state index in [1.54, 1.807) is 30.0 Å². The first-order valence-electron chi connectivity index (χ1n) is 9.53. The van der Waals surface area contributed by atoms with Gasteiger partial charge in [-0.2, -0.15) is 0 Å². The van der Waals surface area contributed by atoms with Gasteiger partial charge < -0.3 is 14.8 Å². The summed E-state index contributed by atoms with van der Waals surface area (Å²) in [7, 11) is 0. The Balaban J connectivity index is 1.59. The predicted octanol–water partition coefficient (Wildman–Crippen LogP) is 3.09. The number of carbonyl (C=O) groups is 2. The van der Waals surface area contributed by atoms with E-state index in [4.69, 9.17) is 0 Å². The van der Waals surface area contributed by atoms with Crippen molar-refractivity contribution in [1.82, 2.24) is 14.8 Å². The molecule has 0 radical (unpaired) electrons. The van der Waals surface area contributed by atoms with Crippen LogP contribution in [0, 0.1) is 11.6 Å². The minimum Gasteiger partial charge on any atom is -0.356 e. The van der Waals surface area contributed by atoms with Crippen LogP contribution < -0.4 is 0 Å². The van der Waals surface area contributed by atoms with Crippen LogP contribution in [0.5, 0.6) is 0 Å². The summed E-state index contributed by atoms with van der Waals surface area (Å²) in [5.41, 5.74) is 1.84. The molecule has 0 spiro atoms. The Morgan fingerprint density at radius 3 is 2.55 bits per heavy atom. The number of aromatic amines is 1. The minimum atomic E-state index is -1.18. The molecule has 148 valence electrons. The van der Waals surface area contributed by atoms with Gasteiger partial charge in [0.2, 0.25) is 5.91 Å². The molecular formula is C22H19F2N3O2. The van der Waals surface area contributed by atoms with Crippen LogP contribution in [0.3, 0.4) is 0 Å². The van der Waals surface area contributed by atoms with Crippen LogP contribution >= 0.6 is 0 Å². The molecule has 2 aliphatic rings. The van der Waals surface area contributed by atoms with Crippen molar-refractivity contribution in [2.75, 3.05) is 13.1 Å². The molecule has 5 rings (SSSR count). The third kappa shape index (κ3) is 2.57. The van der Waals surface area contributed by atoms with Gasteiger partial charge in [0.25, 0.3) is 5.91 Å². The van der Waals surface area contributed by atoms with E-state index >= 15 is 0 Å². The Morgan fingerprint density at radius 2 is 1.79 bits per heavy atom. The SMILES string of the molecule is C[C@@]12C(=O)N(Cc3ccc(F)cc3)CC(=O)N1CCc1c2[nH]c2ccc(F)cc12. The Kier molecular flexibility index (Phi) is 3.78. The van der Waals surface area contributed by atoms with Gasteiger partial charge >= 0.3 is 0 Å². The molecule has 3 heterocycles. The summed E-state index contributed by atoms with van der Waals surface area (Å²) in [6, 6.07) is 10.4. The van der Waals surface area contributed by atoms with Crippen LogP contribution in [-0.4, -0.2) is 39.7 Å². The van der Waals surface area contributed by atoms with Crippen LogP contribution in [-0.2, 0) is 28.1 Å². The molecule has 1 N–H and O–H groups in total. The zero-order valence-corrected chi connectivity index (χ0v) is 15.8. The zero-order valence-electron chi connectivity index (χ0n) is 15.8. The van der Waals surface area contributed by atoms with E-state index in [0.717, 1.165) is 22.0 Å². The van der Waals surface area contributed by atoms with Crippen molar-refractivity contribution < 1.29 is 18.4 Å². The molecule has 0 bridgehead atoms. The number of nitrogens with zero attached hydrogens (tertiary/aromatic N) is 2. The fourth-order valence-electron chi connectivity index (χ4n) is 4.64. The molecular weight excluding hydrogens is 376 g/mol. The van der Waals surface area contributed by atoms with E-state index < -0.39 is 5.54 Å². The van der Waals surface area contributed by atoms with Crippen LogP contribution in [0.1, 0.15) is 23.7 Å². The summed E-state index contributed by atoms with van der Waals surface area (Å²) in [4.78, 5) is 32.9. The molecule has 1 aromatic heterocycles. The number of hydrogen-bond acceptors (Lipinski definition) is 2. The van der Waals surface area contributed by atoms with E-state index in [-0.39, 0.29) is 36.5 Å². The lowest BCUT2D eigenvalue weighted by molar-refractivity contribution is -0.166. The minimum absolute atomic E-state index is 0.0179. The van der Waals surface area contributed by atoms with Gasteiger partial charge in [0.1, 0.15) is 18.2 Å². The number of halogens is 2. The number of carbonyl (C=O) groups excluding carboxylic acids is 2. The number of H-pyrrole nitrogens is 1. The van der Waals surface area contributed by atoms with Gasteiger partial charge in [0, 0.05) is 24.0 Å². The molecule has 0 aliphatic carbocycles. The van der Waals surface area contributed by atoms with E-state index in [1.807, 2.05) is 0 Å². The summed E-state index contributed by atoms with van der Waals surface area (Å²) in [6.07, 6.45) is 0.561. The number of amides is 2. The number of aromatic nitrogens is 1. The molecule has 2 aliphatic heterocycles. The average Bonchev–Trinajstić information content (AvgIpc) is 3.07. The summed E-state index contributed by atoms with van der Waals surface area (Å²) in [5, 5.41) is 0.747. The average molecular weight is 395 g/mol. The summed E-state index contributed by atoms with van der Waals surface area (Å²) in [6.45, 7) is 2.35. The van der Waals surface area contributed by atoms with Gasteiger partial charge in [0.05, 0.1) is 5.69 Å². The van der Waals surface area contributed by atoms with Crippen molar-refractivity contribution in [3.8, 4) is 0 Å². The summed E-state index contributed by atoms with van der Waals surface area (Å²) >= 11 is 0. The smallest absolute Gasteiger partial charge is 0.255 e. The third-order valence-electron chi connectivity index (χ3n) is 6.10. The molecule has 1 atom stereocenters. The zero-order chi connectivity index (χ0) is 20.3. The lowest BCUT2D eigenvalue weighted by atomic mass is 9.83. The first-order valence-corrected chi connectivity index (χ1v) is 9.53. The highest BCUT2D eigenvalue weighted by atomic mass is 19.1. The fraction of sp³-hybridized carbons (Fsp3) is 0.273. The quantitative estimate of drug-likeness (QED) is 0.725. The third-order valence-corrected chi connectivity index (χ3v) is 6.10. The molecule has 3 aromatic rings. The van der Waals surface area contributed by atoms with E-state index in [2.05, 4.69) is 4.98 Å². The normalized spacial score (nSPS) is 21.5. The number of benzene rings is 2. The van der Waals surface area contributed by atoms with E-state index in [9.17, 15) is 18.4 Å². The highest BCUT2D eigenvalue weighted by Gasteiger charge is 2.54. The highest BCUT2D eigenvalue weighted by Crippen LogP contribution is 2.42. The lowest BCUT2D eigenvalue weighted by Crippen LogP contribution is -2.66.